The van der Waals surface area contributed by atoms with E-state index in [4.69, 9.17) is 4.74 Å². The van der Waals surface area contributed by atoms with Gasteiger partial charge in [0.1, 0.15) is 15.6 Å². The fourth-order valence-electron chi connectivity index (χ4n) is 3.15. The smallest absolute Gasteiger partial charge is 0.376 e. The first-order chi connectivity index (χ1) is 11.0. The molecule has 0 saturated heterocycles. The second-order valence-corrected chi connectivity index (χ2v) is 6.92. The highest BCUT2D eigenvalue weighted by atomic mass is 16.6. The molecule has 0 amide bonds. The second-order valence-electron chi connectivity index (χ2n) is 6.92. The van der Waals surface area contributed by atoms with E-state index < -0.39 is 5.95 Å². The fraction of sp³-hybridized carbons (Fsp3) is 0.579. The van der Waals surface area contributed by atoms with Crippen molar-refractivity contribution in [3.63, 3.8) is 0 Å². The highest BCUT2D eigenvalue weighted by Crippen LogP contribution is 2.35. The molecule has 0 spiro atoms. The highest BCUT2D eigenvalue weighted by molar-refractivity contribution is 5.45. The monoisotopic (exact) mass is 314 g/mol. The highest BCUT2D eigenvalue weighted by Gasteiger charge is 2.29. The largest absolute Gasteiger partial charge is 0.599 e. The number of hydrogen-bond acceptors (Lipinski definition) is 3. The molecule has 0 aliphatic heterocycles. The molecule has 3 atom stereocenters. The Morgan fingerprint density at radius 3 is 2.65 bits per heavy atom. The second kappa shape index (κ2) is 8.01. The van der Waals surface area contributed by atoms with Crippen LogP contribution in [0.3, 0.4) is 0 Å². The third kappa shape index (κ3) is 5.28. The summed E-state index contributed by atoms with van der Waals surface area (Å²) >= 11 is 0. The fourth-order valence-corrected chi connectivity index (χ4v) is 3.15. The average molecular weight is 314 g/mol. The molecule has 0 heterocycles. The molecule has 0 unspecified atom stereocenters. The van der Waals surface area contributed by atoms with Crippen LogP contribution >= 0.6 is 0 Å². The molecule has 1 saturated carbocycles. The molecule has 124 valence electrons. The molecular weight excluding hydrogens is 288 g/mol. The number of hydrogen-bond donors (Lipinski definition) is 0. The summed E-state index contributed by atoms with van der Waals surface area (Å²) in [6.07, 6.45) is 3.21. The molecule has 1 aromatic carbocycles. The van der Waals surface area contributed by atoms with Gasteiger partial charge in [0, 0.05) is 6.10 Å². The van der Waals surface area contributed by atoms with Gasteiger partial charge in [0.2, 0.25) is 0 Å². The van der Waals surface area contributed by atoms with Gasteiger partial charge in [-0.3, -0.25) is 0 Å². The zero-order chi connectivity index (χ0) is 16.8. The molecule has 0 aromatic heterocycles. The summed E-state index contributed by atoms with van der Waals surface area (Å²) < 4.78 is 5.59. The summed E-state index contributed by atoms with van der Waals surface area (Å²) in [5, 5.41) is 15.9. The van der Waals surface area contributed by atoms with E-state index in [0.717, 1.165) is 18.4 Å². The van der Waals surface area contributed by atoms with E-state index in [9.17, 15) is 5.11 Å². The van der Waals surface area contributed by atoms with E-state index in [0.29, 0.717) is 23.4 Å². The maximum atomic E-state index is 11.9. The summed E-state index contributed by atoms with van der Waals surface area (Å²) in [6.45, 7) is 8.59. The Morgan fingerprint density at radius 1 is 1.30 bits per heavy atom. The molecule has 1 aliphatic carbocycles. The van der Waals surface area contributed by atoms with E-state index in [-0.39, 0.29) is 6.10 Å². The maximum absolute atomic E-state index is 11.9. The van der Waals surface area contributed by atoms with Crippen LogP contribution in [0.1, 0.15) is 45.6 Å². The van der Waals surface area contributed by atoms with Crippen molar-refractivity contribution in [2.45, 2.75) is 53.1 Å². The van der Waals surface area contributed by atoms with Gasteiger partial charge in [0.05, 0.1) is 0 Å². The van der Waals surface area contributed by atoms with Gasteiger partial charge < -0.3 is 9.84 Å². The molecule has 1 aromatic rings. The third-order valence-corrected chi connectivity index (χ3v) is 4.56. The number of aryl methyl sites for hydroxylation is 1. The van der Waals surface area contributed by atoms with Gasteiger partial charge in [-0.1, -0.05) is 44.9 Å². The topological polar surface area (TPSA) is 58.8 Å². The van der Waals surface area contributed by atoms with Gasteiger partial charge in [-0.15, -0.1) is 0 Å². The predicted molar refractivity (Wildman–Crippen MR) is 88.3 cm³/mol. The molecule has 0 bridgehead atoms. The van der Waals surface area contributed by atoms with E-state index >= 15 is 0 Å². The first-order valence-corrected chi connectivity index (χ1v) is 8.39. The minimum Gasteiger partial charge on any atom is -0.599 e. The van der Waals surface area contributed by atoms with Gasteiger partial charge >= 0.3 is 5.87 Å². The summed E-state index contributed by atoms with van der Waals surface area (Å²) in [5.41, 5.74) is 1.85. The maximum Gasteiger partial charge on any atom is 0.376 e. The first kappa shape index (κ1) is 17.3. The molecule has 23 heavy (non-hydrogen) atoms. The molecule has 4 nitrogen and oxygen atoms in total. The van der Waals surface area contributed by atoms with Crippen molar-refractivity contribution in [3.8, 4) is 0 Å². The van der Waals surface area contributed by atoms with Gasteiger partial charge in [0.25, 0.3) is 0 Å². The number of rotatable bonds is 4. The van der Waals surface area contributed by atoms with Crippen molar-refractivity contribution >= 4 is 11.6 Å². The van der Waals surface area contributed by atoms with E-state index in [1.54, 1.807) is 0 Å². The third-order valence-electron chi connectivity index (χ3n) is 4.56. The van der Waals surface area contributed by atoms with Gasteiger partial charge in [-0.05, 0) is 49.7 Å². The zero-order valence-corrected chi connectivity index (χ0v) is 14.5. The SMILES string of the molecule is Cc1ccc(N=[N+]=C=C([O-])O[C@@H]2C[C@H](C)CC[C@H]2C(C)C)cc1. The Morgan fingerprint density at radius 2 is 2.00 bits per heavy atom. The molecule has 1 aliphatic rings. The first-order valence-electron chi connectivity index (χ1n) is 8.39. The molecule has 4 heteroatoms. The van der Waals surface area contributed by atoms with Crippen LogP contribution in [-0.2, 0) is 4.74 Å². The minimum absolute atomic E-state index is 0.0340. The minimum atomic E-state index is -0.523. The Bertz CT molecular complexity index is 609. The lowest BCUT2D eigenvalue weighted by atomic mass is 9.75. The van der Waals surface area contributed by atoms with Crippen LogP contribution in [0, 0.1) is 24.7 Å². The number of nitrogens with zero attached hydrogens (tertiary/aromatic N) is 2. The van der Waals surface area contributed by atoms with Crippen LogP contribution in [0.2, 0.25) is 0 Å². The molecule has 0 radical (unpaired) electrons. The van der Waals surface area contributed by atoms with Gasteiger partial charge in [-0.2, -0.15) is 0 Å². The quantitative estimate of drug-likeness (QED) is 0.369. The van der Waals surface area contributed by atoms with Crippen molar-refractivity contribution in [2.24, 2.45) is 22.9 Å². The molecule has 1 fully saturated rings. The average Bonchev–Trinajstić information content (AvgIpc) is 2.49. The van der Waals surface area contributed by atoms with Crippen LogP contribution in [0.15, 0.2) is 35.3 Å². The standard InChI is InChI=1S/C19H26N2O2/c1-13(2)17-10-7-15(4)11-18(17)23-19(22)12-20-21-16-8-5-14(3)6-9-16/h5-6,8-9,13,15,17-18H,7,10-11H2,1-4H3/t15-,17+,18-/m1/s1. The van der Waals surface area contributed by atoms with Gasteiger partial charge in [0.15, 0.2) is 5.95 Å². The summed E-state index contributed by atoms with van der Waals surface area (Å²) in [6, 6.07) is 7.60. The number of benzene rings is 1. The van der Waals surface area contributed by atoms with E-state index in [1.165, 1.54) is 6.42 Å². The summed E-state index contributed by atoms with van der Waals surface area (Å²) in [4.78, 5) is 3.73. The summed E-state index contributed by atoms with van der Waals surface area (Å²) in [5.74, 6) is 3.37. The lowest BCUT2D eigenvalue weighted by Gasteiger charge is -2.41. The van der Waals surface area contributed by atoms with Crippen LogP contribution in [0.4, 0.5) is 5.69 Å². The predicted octanol–water partition coefficient (Wildman–Crippen LogP) is 3.64. The number of ether oxygens (including phenoxy) is 1. The van der Waals surface area contributed by atoms with Crippen molar-refractivity contribution in [3.05, 3.63) is 35.8 Å². The van der Waals surface area contributed by atoms with Crippen LogP contribution in [0.25, 0.3) is 0 Å². The Kier molecular flexibility index (Phi) is 6.04. The van der Waals surface area contributed by atoms with Crippen molar-refractivity contribution < 1.29 is 14.6 Å². The molecule has 2 rings (SSSR count). The van der Waals surface area contributed by atoms with E-state index in [1.807, 2.05) is 31.2 Å². The molecular formula is C19H26N2O2. The Hall–Kier alpha value is -2.02. The Labute approximate surface area is 138 Å². The van der Waals surface area contributed by atoms with E-state index in [2.05, 4.69) is 36.5 Å². The summed E-state index contributed by atoms with van der Waals surface area (Å²) in [7, 11) is 0. The normalized spacial score (nSPS) is 23.8. The Balaban J connectivity index is 2.07. The van der Waals surface area contributed by atoms with Crippen LogP contribution in [0.5, 0.6) is 0 Å². The van der Waals surface area contributed by atoms with Crippen molar-refractivity contribution in [1.82, 2.24) is 0 Å². The lowest BCUT2D eigenvalue weighted by Crippen LogP contribution is -2.35. The van der Waals surface area contributed by atoms with Crippen molar-refractivity contribution in [1.29, 1.82) is 0 Å². The van der Waals surface area contributed by atoms with Crippen LogP contribution in [-0.4, -0.2) is 16.8 Å². The van der Waals surface area contributed by atoms with Gasteiger partial charge in [-0.25, -0.2) is 0 Å². The lowest BCUT2D eigenvalue weighted by molar-refractivity contribution is -0.365. The van der Waals surface area contributed by atoms with Crippen molar-refractivity contribution in [2.75, 3.05) is 0 Å². The molecule has 0 N–H and O–H groups in total. The zero-order valence-electron chi connectivity index (χ0n) is 14.5. The van der Waals surface area contributed by atoms with Crippen LogP contribution < -0.4 is 5.11 Å².